The molecule has 0 amide bonds. The van der Waals surface area contributed by atoms with Gasteiger partial charge in [-0.3, -0.25) is 4.98 Å². The van der Waals surface area contributed by atoms with Gasteiger partial charge in [0.1, 0.15) is 0 Å². The first-order chi connectivity index (χ1) is 13.3. The van der Waals surface area contributed by atoms with Gasteiger partial charge in [-0.15, -0.1) is 23.8 Å². The summed E-state index contributed by atoms with van der Waals surface area (Å²) in [7, 11) is 0. The van der Waals surface area contributed by atoms with Crippen molar-refractivity contribution >= 4 is 0 Å². The van der Waals surface area contributed by atoms with E-state index in [0.717, 1.165) is 35.9 Å². The maximum Gasteiger partial charge on any atom is 0.0781 e. The number of fused-ring (bicyclic) bond motifs is 1. The molecule has 3 aromatic carbocycles. The molecule has 4 heteroatoms. The van der Waals surface area contributed by atoms with Gasteiger partial charge in [0, 0.05) is 49.5 Å². The van der Waals surface area contributed by atoms with Gasteiger partial charge in [-0.05, 0) is 24.5 Å². The quantitative estimate of drug-likeness (QED) is 0.330. The van der Waals surface area contributed by atoms with Gasteiger partial charge in [0.15, 0.2) is 0 Å². The van der Waals surface area contributed by atoms with Crippen molar-refractivity contribution in [3.05, 3.63) is 90.3 Å². The topological polar surface area (TPSA) is 27.1 Å². The fraction of sp³-hybridized carbons (Fsp3) is 0.125. The molecule has 4 aromatic rings. The Hall–Kier alpha value is -2.68. The summed E-state index contributed by atoms with van der Waals surface area (Å²) in [5.74, 6) is 1.84. The van der Waals surface area contributed by atoms with Crippen LogP contribution < -0.4 is 4.74 Å². The Balaban J connectivity index is 0.00000192. The number of hydrogen-bond donors (Lipinski definition) is 0. The predicted molar refractivity (Wildman–Crippen MR) is 107 cm³/mol. The summed E-state index contributed by atoms with van der Waals surface area (Å²) >= 11 is 0. The fourth-order valence-corrected chi connectivity index (χ4v) is 3.77. The molecule has 0 atom stereocenters. The third-order valence-corrected chi connectivity index (χ3v) is 5.07. The van der Waals surface area contributed by atoms with E-state index >= 15 is 0 Å². The molecule has 0 saturated heterocycles. The second-order valence-corrected chi connectivity index (χ2v) is 6.79. The van der Waals surface area contributed by atoms with Crippen LogP contribution >= 0.6 is 0 Å². The van der Waals surface area contributed by atoms with Gasteiger partial charge >= 0.3 is 0 Å². The van der Waals surface area contributed by atoms with Crippen molar-refractivity contribution < 1.29 is 24.8 Å². The van der Waals surface area contributed by atoms with Crippen LogP contribution in [-0.2, 0) is 26.5 Å². The summed E-state index contributed by atoms with van der Waals surface area (Å²) in [6.45, 7) is 2.89. The Morgan fingerprint density at radius 1 is 1.07 bits per heavy atom. The molecule has 0 unspecified atom stereocenters. The van der Waals surface area contributed by atoms with Crippen LogP contribution in [0.15, 0.2) is 73.1 Å². The molecule has 2 heterocycles. The molecule has 1 aromatic heterocycles. The minimum atomic E-state index is 0. The minimum absolute atomic E-state index is 0. The van der Waals surface area contributed by atoms with E-state index in [1.807, 2.05) is 24.5 Å². The molecular formula is C24H19IrN2O-. The van der Waals surface area contributed by atoms with E-state index in [4.69, 9.17) is 4.74 Å². The van der Waals surface area contributed by atoms with Crippen LogP contribution in [0.1, 0.15) is 11.1 Å². The van der Waals surface area contributed by atoms with Crippen LogP contribution in [0.2, 0.25) is 0 Å². The Morgan fingerprint density at radius 2 is 1.93 bits per heavy atom. The summed E-state index contributed by atoms with van der Waals surface area (Å²) in [4.78, 5) is 4.66. The van der Waals surface area contributed by atoms with Crippen molar-refractivity contribution in [2.75, 3.05) is 6.61 Å². The molecule has 141 valence electrons. The van der Waals surface area contributed by atoms with Crippen LogP contribution in [0.4, 0.5) is 0 Å². The number of imidazole rings is 1. The summed E-state index contributed by atoms with van der Waals surface area (Å²) in [6.07, 6.45) is 4.83. The van der Waals surface area contributed by atoms with Gasteiger partial charge in [-0.25, -0.2) is 0 Å². The Bertz CT molecular complexity index is 1120. The molecule has 0 spiro atoms. The number of benzene rings is 3. The van der Waals surface area contributed by atoms with Crippen LogP contribution in [0.3, 0.4) is 0 Å². The van der Waals surface area contributed by atoms with Gasteiger partial charge < -0.3 is 9.30 Å². The van der Waals surface area contributed by atoms with E-state index in [9.17, 15) is 0 Å². The van der Waals surface area contributed by atoms with E-state index in [-0.39, 0.29) is 20.1 Å². The average molecular weight is 544 g/mol. The van der Waals surface area contributed by atoms with Crippen molar-refractivity contribution in [3.63, 3.8) is 0 Å². The number of nitrogens with zero attached hydrogens (tertiary/aromatic N) is 2. The van der Waals surface area contributed by atoms with E-state index in [1.54, 1.807) is 0 Å². The maximum absolute atomic E-state index is 5.62. The number of ether oxygens (including phenoxy) is 1. The zero-order valence-electron chi connectivity index (χ0n) is 15.5. The minimum Gasteiger partial charge on any atom is -0.536 e. The van der Waals surface area contributed by atoms with Crippen LogP contribution in [0.25, 0.3) is 28.2 Å². The summed E-state index contributed by atoms with van der Waals surface area (Å²) in [5.41, 5.74) is 6.97. The van der Waals surface area contributed by atoms with Crippen molar-refractivity contribution in [3.8, 4) is 34.0 Å². The molecule has 0 aliphatic carbocycles. The summed E-state index contributed by atoms with van der Waals surface area (Å²) < 4.78 is 7.80. The number of hydrogen-bond acceptors (Lipinski definition) is 2. The molecule has 0 bridgehead atoms. The molecule has 1 aliphatic rings. The molecule has 3 nitrogen and oxygen atoms in total. The first-order valence-corrected chi connectivity index (χ1v) is 9.18. The zero-order chi connectivity index (χ0) is 18.2. The van der Waals surface area contributed by atoms with E-state index in [0.29, 0.717) is 0 Å². The zero-order valence-corrected chi connectivity index (χ0v) is 17.9. The molecule has 0 saturated carbocycles. The number of para-hydroxylation sites is 1. The van der Waals surface area contributed by atoms with Crippen molar-refractivity contribution in [2.24, 2.45) is 0 Å². The molecule has 28 heavy (non-hydrogen) atoms. The summed E-state index contributed by atoms with van der Waals surface area (Å²) in [5, 5.41) is 0. The molecule has 0 fully saturated rings. The number of aromatic nitrogens is 2. The Kier molecular flexibility index (Phi) is 5.17. The van der Waals surface area contributed by atoms with Crippen molar-refractivity contribution in [1.82, 2.24) is 9.55 Å². The molecular weight excluding hydrogens is 524 g/mol. The molecule has 1 aliphatic heterocycles. The van der Waals surface area contributed by atoms with Crippen LogP contribution in [0.5, 0.6) is 5.75 Å². The number of rotatable bonds is 3. The fourth-order valence-electron chi connectivity index (χ4n) is 3.77. The van der Waals surface area contributed by atoms with Gasteiger partial charge in [0.25, 0.3) is 0 Å². The van der Waals surface area contributed by atoms with E-state index in [1.165, 1.54) is 22.3 Å². The SMILES string of the molecule is Cc1cccc(-c2ccccc2)c1-n1ccnc1-c1[c-]cc2c(c1)CCO2.[Ir]. The predicted octanol–water partition coefficient (Wildman–Crippen LogP) is 5.25. The third kappa shape index (κ3) is 3.19. The van der Waals surface area contributed by atoms with Crippen molar-refractivity contribution in [1.29, 1.82) is 0 Å². The normalized spacial score (nSPS) is 12.2. The standard InChI is InChI=1S/C24H19N2O.Ir/c1-17-6-5-9-21(18-7-3-2-4-8-18)23(17)26-14-13-25-24(26)20-10-11-22-19(16-20)12-15-27-22;/h2-9,11,13-14,16H,12,15H2,1H3;/q-1;. The largest absolute Gasteiger partial charge is 0.536 e. The monoisotopic (exact) mass is 544 g/mol. The Morgan fingerprint density at radius 3 is 2.79 bits per heavy atom. The first-order valence-electron chi connectivity index (χ1n) is 9.18. The second-order valence-electron chi connectivity index (χ2n) is 6.79. The molecule has 5 rings (SSSR count). The molecule has 1 radical (unpaired) electrons. The van der Waals surface area contributed by atoms with Gasteiger partial charge in [-0.2, -0.15) is 0 Å². The van der Waals surface area contributed by atoms with Gasteiger partial charge in [0.05, 0.1) is 12.4 Å². The van der Waals surface area contributed by atoms with E-state index < -0.39 is 0 Å². The third-order valence-electron chi connectivity index (χ3n) is 5.07. The van der Waals surface area contributed by atoms with E-state index in [2.05, 4.69) is 71.1 Å². The smallest absolute Gasteiger partial charge is 0.0781 e. The van der Waals surface area contributed by atoms with Gasteiger partial charge in [-0.1, -0.05) is 54.1 Å². The number of aryl methyl sites for hydroxylation is 1. The maximum atomic E-state index is 5.62. The van der Waals surface area contributed by atoms with Gasteiger partial charge in [0.2, 0.25) is 0 Å². The Labute approximate surface area is 178 Å². The average Bonchev–Trinajstić information content (AvgIpc) is 3.37. The second kappa shape index (κ2) is 7.75. The van der Waals surface area contributed by atoms with Crippen LogP contribution in [0, 0.1) is 13.0 Å². The van der Waals surface area contributed by atoms with Crippen LogP contribution in [-0.4, -0.2) is 16.2 Å². The first kappa shape index (κ1) is 18.7. The molecule has 0 N–H and O–H groups in total. The summed E-state index contributed by atoms with van der Waals surface area (Å²) in [6, 6.07) is 24.3. The van der Waals surface area contributed by atoms with Crippen molar-refractivity contribution in [2.45, 2.75) is 13.3 Å².